The van der Waals surface area contributed by atoms with E-state index in [9.17, 15) is 4.79 Å². The Hall–Kier alpha value is -2.63. The Labute approximate surface area is 166 Å². The normalized spacial score (nSPS) is 18.1. The number of anilines is 1. The Bertz CT molecular complexity index is 840. The summed E-state index contributed by atoms with van der Waals surface area (Å²) >= 11 is 0. The number of aromatic nitrogens is 2. The van der Waals surface area contributed by atoms with Gasteiger partial charge in [-0.05, 0) is 69.0 Å². The van der Waals surface area contributed by atoms with Crippen molar-refractivity contribution < 1.29 is 9.53 Å². The first-order chi connectivity index (χ1) is 13.5. The number of hydrogen-bond acceptors (Lipinski definition) is 5. The van der Waals surface area contributed by atoms with Crippen molar-refractivity contribution in [3.05, 3.63) is 47.2 Å². The van der Waals surface area contributed by atoms with Gasteiger partial charge in [-0.2, -0.15) is 5.10 Å². The summed E-state index contributed by atoms with van der Waals surface area (Å²) in [6.45, 7) is 8.81. The van der Waals surface area contributed by atoms with Crippen LogP contribution in [0.15, 0.2) is 30.3 Å². The summed E-state index contributed by atoms with van der Waals surface area (Å²) in [7, 11) is 0. The highest BCUT2D eigenvalue weighted by molar-refractivity contribution is 5.81. The first-order valence-electron chi connectivity index (χ1n) is 10.1. The molecule has 2 fully saturated rings. The summed E-state index contributed by atoms with van der Waals surface area (Å²) in [5.74, 6) is 2.30. The van der Waals surface area contributed by atoms with Crippen molar-refractivity contribution in [2.24, 2.45) is 0 Å². The Morgan fingerprint density at radius 2 is 1.79 bits per heavy atom. The Kier molecular flexibility index (Phi) is 5.20. The van der Waals surface area contributed by atoms with Crippen LogP contribution in [0.2, 0.25) is 0 Å². The number of piperazine rings is 1. The highest BCUT2D eigenvalue weighted by Gasteiger charge is 2.28. The molecule has 4 rings (SSSR count). The Morgan fingerprint density at radius 3 is 2.39 bits per heavy atom. The fraction of sp³-hybridized carbons (Fsp3) is 0.500. The lowest BCUT2D eigenvalue weighted by Gasteiger charge is -2.36. The third-order valence-corrected chi connectivity index (χ3v) is 5.72. The van der Waals surface area contributed by atoms with Gasteiger partial charge in [0, 0.05) is 32.1 Å². The lowest BCUT2D eigenvalue weighted by Crippen LogP contribution is -2.52. The van der Waals surface area contributed by atoms with Gasteiger partial charge in [0.15, 0.2) is 11.9 Å². The smallest absolute Gasteiger partial charge is 0.263 e. The number of rotatable bonds is 5. The van der Waals surface area contributed by atoms with Crippen LogP contribution in [0.25, 0.3) is 0 Å². The molecule has 6 nitrogen and oxygen atoms in total. The standard InChI is InChI=1S/C22H28N4O2/c1-15-4-7-19(14-16(15)2)28-17(3)22(27)26-12-10-25(11-13-26)21-9-8-20(23-24-21)18-5-6-18/h4,7-9,14,17-18H,5-6,10-13H2,1-3H3. The molecule has 0 bridgehead atoms. The maximum atomic E-state index is 12.8. The average Bonchev–Trinajstić information content (AvgIpc) is 3.56. The number of amides is 1. The van der Waals surface area contributed by atoms with Gasteiger partial charge in [-0.3, -0.25) is 4.79 Å². The molecule has 2 aromatic rings. The number of ether oxygens (including phenoxy) is 1. The van der Waals surface area contributed by atoms with Crippen molar-refractivity contribution in [2.75, 3.05) is 31.1 Å². The summed E-state index contributed by atoms with van der Waals surface area (Å²) < 4.78 is 5.89. The van der Waals surface area contributed by atoms with Crippen LogP contribution < -0.4 is 9.64 Å². The fourth-order valence-electron chi connectivity index (χ4n) is 3.56. The van der Waals surface area contributed by atoms with Gasteiger partial charge in [0.1, 0.15) is 5.75 Å². The molecule has 0 radical (unpaired) electrons. The average molecular weight is 380 g/mol. The van der Waals surface area contributed by atoms with Crippen LogP contribution in [-0.2, 0) is 4.79 Å². The third kappa shape index (κ3) is 4.11. The van der Waals surface area contributed by atoms with Crippen LogP contribution in [0, 0.1) is 13.8 Å². The molecule has 1 aliphatic heterocycles. The zero-order valence-electron chi connectivity index (χ0n) is 16.9. The number of nitrogens with zero attached hydrogens (tertiary/aromatic N) is 4. The largest absolute Gasteiger partial charge is 0.481 e. The minimum absolute atomic E-state index is 0.0352. The zero-order valence-corrected chi connectivity index (χ0v) is 16.9. The molecule has 1 saturated carbocycles. The number of aryl methyl sites for hydroxylation is 2. The van der Waals surface area contributed by atoms with Gasteiger partial charge in [-0.25, -0.2) is 0 Å². The fourth-order valence-corrected chi connectivity index (χ4v) is 3.56. The number of benzene rings is 1. The van der Waals surface area contributed by atoms with Crippen molar-refractivity contribution in [3.63, 3.8) is 0 Å². The molecule has 1 unspecified atom stereocenters. The highest BCUT2D eigenvalue weighted by Crippen LogP contribution is 2.38. The van der Waals surface area contributed by atoms with E-state index in [2.05, 4.69) is 34.2 Å². The molecule has 2 aliphatic rings. The van der Waals surface area contributed by atoms with E-state index in [-0.39, 0.29) is 5.91 Å². The third-order valence-electron chi connectivity index (χ3n) is 5.72. The first kappa shape index (κ1) is 18.7. The van der Waals surface area contributed by atoms with Crippen LogP contribution in [0.4, 0.5) is 5.82 Å². The molecule has 148 valence electrons. The molecule has 2 heterocycles. The quantitative estimate of drug-likeness (QED) is 0.798. The van der Waals surface area contributed by atoms with Crippen LogP contribution in [0.1, 0.15) is 42.5 Å². The number of hydrogen-bond donors (Lipinski definition) is 0. The van der Waals surface area contributed by atoms with Gasteiger partial charge >= 0.3 is 0 Å². The maximum Gasteiger partial charge on any atom is 0.263 e. The number of carbonyl (C=O) groups is 1. The first-order valence-corrected chi connectivity index (χ1v) is 10.1. The van der Waals surface area contributed by atoms with Crippen LogP contribution in [0.5, 0.6) is 5.75 Å². The van der Waals surface area contributed by atoms with E-state index in [1.807, 2.05) is 36.9 Å². The summed E-state index contributed by atoms with van der Waals surface area (Å²) in [4.78, 5) is 16.9. The zero-order chi connectivity index (χ0) is 19.7. The topological polar surface area (TPSA) is 58.6 Å². The molecule has 1 saturated heterocycles. The summed E-state index contributed by atoms with van der Waals surface area (Å²) in [6.07, 6.45) is 1.97. The highest BCUT2D eigenvalue weighted by atomic mass is 16.5. The molecule has 1 aromatic carbocycles. The second kappa shape index (κ2) is 7.78. The van der Waals surface area contributed by atoms with E-state index < -0.39 is 6.10 Å². The summed E-state index contributed by atoms with van der Waals surface area (Å²) in [5, 5.41) is 8.75. The van der Waals surface area contributed by atoms with Crippen LogP contribution in [-0.4, -0.2) is 53.3 Å². The predicted molar refractivity (Wildman–Crippen MR) is 109 cm³/mol. The van der Waals surface area contributed by atoms with Crippen LogP contribution in [0.3, 0.4) is 0 Å². The predicted octanol–water partition coefficient (Wildman–Crippen LogP) is 3.09. The van der Waals surface area contributed by atoms with E-state index in [1.54, 1.807) is 0 Å². The molecule has 1 amide bonds. The SMILES string of the molecule is Cc1ccc(OC(C)C(=O)N2CCN(c3ccc(C4CC4)nn3)CC2)cc1C. The molecule has 1 atom stereocenters. The second-order valence-corrected chi connectivity index (χ2v) is 7.91. The molecular formula is C22H28N4O2. The van der Waals surface area contributed by atoms with Gasteiger partial charge in [-0.15, -0.1) is 5.10 Å². The monoisotopic (exact) mass is 380 g/mol. The van der Waals surface area contributed by atoms with Gasteiger partial charge in [-0.1, -0.05) is 6.07 Å². The van der Waals surface area contributed by atoms with Crippen molar-refractivity contribution in [2.45, 2.75) is 45.6 Å². The Balaban J connectivity index is 1.30. The van der Waals surface area contributed by atoms with Gasteiger partial charge in [0.25, 0.3) is 5.91 Å². The van der Waals surface area contributed by atoms with E-state index in [4.69, 9.17) is 4.74 Å². The molecule has 1 aliphatic carbocycles. The van der Waals surface area contributed by atoms with Crippen molar-refractivity contribution in [1.29, 1.82) is 0 Å². The molecule has 28 heavy (non-hydrogen) atoms. The lowest BCUT2D eigenvalue weighted by atomic mass is 10.1. The van der Waals surface area contributed by atoms with E-state index >= 15 is 0 Å². The minimum atomic E-state index is -0.494. The second-order valence-electron chi connectivity index (χ2n) is 7.91. The summed E-state index contributed by atoms with van der Waals surface area (Å²) in [6, 6.07) is 10.1. The molecule has 0 spiro atoms. The van der Waals surface area contributed by atoms with E-state index in [1.165, 1.54) is 24.0 Å². The van der Waals surface area contributed by atoms with Crippen molar-refractivity contribution in [1.82, 2.24) is 15.1 Å². The van der Waals surface area contributed by atoms with Gasteiger partial charge in [0.05, 0.1) is 5.69 Å². The summed E-state index contributed by atoms with van der Waals surface area (Å²) in [5.41, 5.74) is 3.49. The molecule has 6 heteroatoms. The molecule has 0 N–H and O–H groups in total. The minimum Gasteiger partial charge on any atom is -0.481 e. The molecular weight excluding hydrogens is 352 g/mol. The number of carbonyl (C=O) groups excluding carboxylic acids is 1. The van der Waals surface area contributed by atoms with Gasteiger partial charge < -0.3 is 14.5 Å². The van der Waals surface area contributed by atoms with Crippen molar-refractivity contribution in [3.8, 4) is 5.75 Å². The van der Waals surface area contributed by atoms with Crippen LogP contribution >= 0.6 is 0 Å². The van der Waals surface area contributed by atoms with Gasteiger partial charge in [0.2, 0.25) is 0 Å². The van der Waals surface area contributed by atoms with E-state index in [0.717, 1.165) is 30.4 Å². The Morgan fingerprint density at radius 1 is 1.04 bits per heavy atom. The van der Waals surface area contributed by atoms with Crippen molar-refractivity contribution >= 4 is 11.7 Å². The maximum absolute atomic E-state index is 12.8. The van der Waals surface area contributed by atoms with E-state index in [0.29, 0.717) is 19.0 Å². The lowest BCUT2D eigenvalue weighted by molar-refractivity contribution is -0.138. The molecule has 1 aromatic heterocycles.